The highest BCUT2D eigenvalue weighted by Crippen LogP contribution is 2.21. The lowest BCUT2D eigenvalue weighted by Crippen LogP contribution is -2.30. The molecule has 134 valence electrons. The number of carbonyl (C=O) groups is 1. The van der Waals surface area contributed by atoms with E-state index in [0.717, 1.165) is 12.3 Å². The number of hydrogen-bond donors (Lipinski definition) is 1. The highest BCUT2D eigenvalue weighted by molar-refractivity contribution is 7.89. The molecule has 1 N–H and O–H groups in total. The number of carbonyl (C=O) groups excluding carboxylic acids is 1. The van der Waals surface area contributed by atoms with Gasteiger partial charge < -0.3 is 4.74 Å². The predicted octanol–water partition coefficient (Wildman–Crippen LogP) is 2.42. The van der Waals surface area contributed by atoms with Gasteiger partial charge in [-0.05, 0) is 12.1 Å². The molecule has 0 saturated carbocycles. The molecule has 0 aliphatic carbocycles. The van der Waals surface area contributed by atoms with Crippen LogP contribution in [0, 0.1) is 17.6 Å². The topological polar surface area (TPSA) is 85.4 Å². The van der Waals surface area contributed by atoms with Crippen LogP contribution in [0.1, 0.15) is 15.9 Å². The van der Waals surface area contributed by atoms with Crippen molar-refractivity contribution in [3.8, 4) is 5.75 Å². The van der Waals surface area contributed by atoms with Gasteiger partial charge in [-0.25, -0.2) is 26.9 Å². The van der Waals surface area contributed by atoms with Gasteiger partial charge in [0.25, 0.3) is 5.91 Å². The zero-order valence-electron chi connectivity index (χ0n) is 12.5. The molecule has 0 aliphatic rings. The molecule has 6 nitrogen and oxygen atoms in total. The fourth-order valence-corrected chi connectivity index (χ4v) is 2.34. The summed E-state index contributed by atoms with van der Waals surface area (Å²) in [6.07, 6.45) is 1.70. The van der Waals surface area contributed by atoms with Crippen molar-refractivity contribution < 1.29 is 31.1 Å². The van der Waals surface area contributed by atoms with Gasteiger partial charge in [0.2, 0.25) is 16.0 Å². The largest absolute Gasteiger partial charge is 0.487 e. The summed E-state index contributed by atoms with van der Waals surface area (Å²) >= 11 is 5.52. The van der Waals surface area contributed by atoms with E-state index < -0.39 is 45.7 Å². The molecule has 1 aromatic heterocycles. The number of rotatable bonds is 5. The first kappa shape index (κ1) is 19.0. The lowest BCUT2D eigenvalue weighted by Gasteiger charge is -2.10. The van der Waals surface area contributed by atoms with Crippen LogP contribution in [-0.4, -0.2) is 25.6 Å². The van der Waals surface area contributed by atoms with E-state index in [1.54, 1.807) is 0 Å². The lowest BCUT2D eigenvalue weighted by molar-refractivity contribution is 0.0977. The molecule has 0 radical (unpaired) electrons. The first-order chi connectivity index (χ1) is 11.6. The molecule has 1 aromatic carbocycles. The summed E-state index contributed by atoms with van der Waals surface area (Å²) in [5.74, 6) is -4.34. The summed E-state index contributed by atoms with van der Waals surface area (Å²) in [6, 6.07) is 2.33. The second-order valence-corrected chi connectivity index (χ2v) is 7.01. The lowest BCUT2D eigenvalue weighted by atomic mass is 10.1. The smallest absolute Gasteiger partial charge is 0.267 e. The summed E-state index contributed by atoms with van der Waals surface area (Å²) < 4.78 is 69.5. The second kappa shape index (κ2) is 7.28. The van der Waals surface area contributed by atoms with Crippen molar-refractivity contribution in [1.82, 2.24) is 9.71 Å². The van der Waals surface area contributed by atoms with Crippen molar-refractivity contribution in [2.45, 2.75) is 6.61 Å². The number of nitrogens with zero attached hydrogens (tertiary/aromatic N) is 1. The fraction of sp³-hybridized carbons (Fsp3) is 0.143. The van der Waals surface area contributed by atoms with Gasteiger partial charge in [-0.1, -0.05) is 11.6 Å². The van der Waals surface area contributed by atoms with E-state index in [-0.39, 0.29) is 16.3 Å². The van der Waals surface area contributed by atoms with Gasteiger partial charge in [0.15, 0.2) is 0 Å². The third-order valence-corrected chi connectivity index (χ3v) is 3.65. The Morgan fingerprint density at radius 2 is 1.92 bits per heavy atom. The Hall–Kier alpha value is -2.33. The van der Waals surface area contributed by atoms with Crippen molar-refractivity contribution >= 4 is 27.5 Å². The maximum absolute atomic E-state index is 14.0. The van der Waals surface area contributed by atoms with Crippen LogP contribution in [0.5, 0.6) is 5.75 Å². The van der Waals surface area contributed by atoms with Gasteiger partial charge in [0.1, 0.15) is 24.0 Å². The molecular weight excluding hydrogens is 385 g/mol. The molecule has 0 saturated heterocycles. The van der Waals surface area contributed by atoms with Crippen molar-refractivity contribution in [3.05, 3.63) is 58.1 Å². The number of hydrogen-bond acceptors (Lipinski definition) is 5. The average molecular weight is 395 g/mol. The fourth-order valence-electron chi connectivity index (χ4n) is 1.74. The third-order valence-electron chi connectivity index (χ3n) is 2.82. The maximum atomic E-state index is 14.0. The molecule has 0 fully saturated rings. The average Bonchev–Trinajstić information content (AvgIpc) is 2.49. The Balaban J connectivity index is 2.19. The molecular formula is C14H10ClF3N2O4S. The van der Waals surface area contributed by atoms with Gasteiger partial charge in [-0.2, -0.15) is 4.39 Å². The monoisotopic (exact) mass is 394 g/mol. The molecule has 11 heteroatoms. The summed E-state index contributed by atoms with van der Waals surface area (Å²) in [6.45, 7) is -0.458. The Kier molecular flexibility index (Phi) is 5.53. The minimum absolute atomic E-state index is 0.0186. The zero-order valence-corrected chi connectivity index (χ0v) is 14.1. The van der Waals surface area contributed by atoms with Crippen LogP contribution in [0.25, 0.3) is 0 Å². The number of aromatic nitrogens is 1. The van der Waals surface area contributed by atoms with E-state index >= 15 is 0 Å². The van der Waals surface area contributed by atoms with Gasteiger partial charge in [-0.15, -0.1) is 0 Å². The number of halogens is 4. The first-order valence-electron chi connectivity index (χ1n) is 6.50. The van der Waals surface area contributed by atoms with Crippen molar-refractivity contribution in [3.63, 3.8) is 0 Å². The molecule has 0 atom stereocenters. The van der Waals surface area contributed by atoms with Crippen molar-refractivity contribution in [1.29, 1.82) is 0 Å². The normalized spacial score (nSPS) is 11.2. The minimum atomic E-state index is -3.93. The molecule has 0 bridgehead atoms. The molecule has 1 amide bonds. The number of benzene rings is 1. The summed E-state index contributed by atoms with van der Waals surface area (Å²) in [5.41, 5.74) is -1.04. The van der Waals surface area contributed by atoms with E-state index in [1.165, 1.54) is 4.72 Å². The van der Waals surface area contributed by atoms with Gasteiger partial charge in [0, 0.05) is 11.6 Å². The van der Waals surface area contributed by atoms with Crippen LogP contribution in [0.2, 0.25) is 5.02 Å². The number of pyridine rings is 1. The van der Waals surface area contributed by atoms with Crippen molar-refractivity contribution in [2.24, 2.45) is 0 Å². The van der Waals surface area contributed by atoms with Crippen LogP contribution in [0.15, 0.2) is 24.4 Å². The summed E-state index contributed by atoms with van der Waals surface area (Å²) in [4.78, 5) is 14.9. The predicted molar refractivity (Wildman–Crippen MR) is 82.2 cm³/mol. The van der Waals surface area contributed by atoms with E-state index in [9.17, 15) is 26.4 Å². The van der Waals surface area contributed by atoms with Crippen LogP contribution in [-0.2, 0) is 16.6 Å². The molecule has 0 unspecified atom stereocenters. The van der Waals surface area contributed by atoms with Crippen LogP contribution < -0.4 is 9.46 Å². The maximum Gasteiger partial charge on any atom is 0.267 e. The van der Waals surface area contributed by atoms with Crippen LogP contribution in [0.4, 0.5) is 13.2 Å². The Bertz CT molecular complexity index is 938. The summed E-state index contributed by atoms with van der Waals surface area (Å²) in [7, 11) is -3.93. The molecule has 25 heavy (non-hydrogen) atoms. The third kappa shape index (κ3) is 5.07. The molecule has 2 rings (SSSR count). The van der Waals surface area contributed by atoms with Gasteiger partial charge >= 0.3 is 0 Å². The highest BCUT2D eigenvalue weighted by Gasteiger charge is 2.19. The Labute approximate surface area is 145 Å². The van der Waals surface area contributed by atoms with E-state index in [0.29, 0.717) is 18.4 Å². The van der Waals surface area contributed by atoms with Gasteiger partial charge in [-0.3, -0.25) is 4.79 Å². The first-order valence-corrected chi connectivity index (χ1v) is 8.77. The SMILES string of the molecule is CS(=O)(=O)NC(=O)c1cc(F)c(COc2cnc(F)c(Cl)c2)cc1F. The highest BCUT2D eigenvalue weighted by atomic mass is 35.5. The van der Waals surface area contributed by atoms with E-state index in [2.05, 4.69) is 4.98 Å². The van der Waals surface area contributed by atoms with Crippen LogP contribution >= 0.6 is 11.6 Å². The number of amides is 1. The van der Waals surface area contributed by atoms with E-state index in [1.807, 2.05) is 0 Å². The molecule has 0 aliphatic heterocycles. The standard InChI is InChI=1S/C14H10ClF3N2O4S/c1-25(22,23)20-14(21)9-4-11(16)7(2-12(9)17)6-24-8-3-10(15)13(18)19-5-8/h2-5H,6H2,1H3,(H,20,21). The number of nitrogens with one attached hydrogen (secondary N) is 1. The van der Waals surface area contributed by atoms with Crippen LogP contribution in [0.3, 0.4) is 0 Å². The summed E-state index contributed by atoms with van der Waals surface area (Å²) in [5, 5.41) is -0.308. The number of sulfonamides is 1. The van der Waals surface area contributed by atoms with Crippen molar-refractivity contribution in [2.75, 3.05) is 6.26 Å². The Morgan fingerprint density at radius 3 is 2.52 bits per heavy atom. The molecule has 1 heterocycles. The quantitative estimate of drug-likeness (QED) is 0.787. The van der Waals surface area contributed by atoms with E-state index in [4.69, 9.17) is 16.3 Å². The zero-order chi connectivity index (χ0) is 18.8. The van der Waals surface area contributed by atoms with Gasteiger partial charge in [0.05, 0.1) is 23.0 Å². The number of ether oxygens (including phenoxy) is 1. The minimum Gasteiger partial charge on any atom is -0.487 e. The molecule has 0 spiro atoms. The second-order valence-electron chi connectivity index (χ2n) is 4.86. The molecule has 2 aromatic rings. The Morgan fingerprint density at radius 1 is 1.24 bits per heavy atom.